The average molecular weight is 395 g/mol. The van der Waals surface area contributed by atoms with Gasteiger partial charge < -0.3 is 15.5 Å². The van der Waals surface area contributed by atoms with Gasteiger partial charge in [0.1, 0.15) is 6.54 Å². The van der Waals surface area contributed by atoms with E-state index in [1.807, 2.05) is 25.1 Å². The predicted molar refractivity (Wildman–Crippen MR) is 115 cm³/mol. The van der Waals surface area contributed by atoms with Crippen molar-refractivity contribution >= 4 is 11.8 Å². The maximum absolute atomic E-state index is 12.2. The number of hydrogen-bond donors (Lipinski definition) is 3. The lowest BCUT2D eigenvalue weighted by Gasteiger charge is -2.23. The van der Waals surface area contributed by atoms with Gasteiger partial charge in [-0.3, -0.25) is 9.59 Å². The molecule has 29 heavy (non-hydrogen) atoms. The third-order valence-electron chi connectivity index (χ3n) is 5.55. The Bertz CT molecular complexity index is 811. The Labute approximate surface area is 173 Å². The lowest BCUT2D eigenvalue weighted by molar-refractivity contribution is -0.918. The van der Waals surface area contributed by atoms with Crippen molar-refractivity contribution in [1.82, 2.24) is 10.6 Å². The van der Waals surface area contributed by atoms with E-state index in [1.165, 1.54) is 37.9 Å². The summed E-state index contributed by atoms with van der Waals surface area (Å²) >= 11 is 0. The minimum atomic E-state index is -0.137. The molecule has 3 N–H and O–H groups in total. The monoisotopic (exact) mass is 394 g/mol. The van der Waals surface area contributed by atoms with Gasteiger partial charge in [-0.15, -0.1) is 0 Å². The summed E-state index contributed by atoms with van der Waals surface area (Å²) in [6.45, 7) is 6.39. The first kappa shape index (κ1) is 21.1. The molecule has 0 radical (unpaired) electrons. The summed E-state index contributed by atoms with van der Waals surface area (Å²) in [6.07, 6.45) is 4.32. The molecule has 1 saturated heterocycles. The Balaban J connectivity index is 1.35. The zero-order chi connectivity index (χ0) is 20.5. The van der Waals surface area contributed by atoms with Crippen molar-refractivity contribution in [2.24, 2.45) is 0 Å². The molecule has 1 aliphatic rings. The van der Waals surface area contributed by atoms with Crippen molar-refractivity contribution in [2.45, 2.75) is 45.7 Å². The Morgan fingerprint density at radius 2 is 1.59 bits per heavy atom. The van der Waals surface area contributed by atoms with Crippen LogP contribution in [-0.4, -0.2) is 31.4 Å². The van der Waals surface area contributed by atoms with Crippen molar-refractivity contribution in [3.05, 3.63) is 70.8 Å². The molecular formula is C24H32N3O2+. The summed E-state index contributed by atoms with van der Waals surface area (Å²) in [4.78, 5) is 25.9. The zero-order valence-corrected chi connectivity index (χ0v) is 17.3. The second-order valence-corrected chi connectivity index (χ2v) is 7.90. The molecule has 2 aromatic carbocycles. The Kier molecular flexibility index (Phi) is 7.82. The number of nitrogens with one attached hydrogen (secondary N) is 3. The smallest absolute Gasteiger partial charge is 0.251 e. The molecular weight excluding hydrogens is 362 g/mol. The van der Waals surface area contributed by atoms with Crippen molar-refractivity contribution < 1.29 is 14.5 Å². The van der Waals surface area contributed by atoms with Crippen LogP contribution in [0.5, 0.6) is 0 Å². The van der Waals surface area contributed by atoms with Gasteiger partial charge in [-0.25, -0.2) is 0 Å². The largest absolute Gasteiger partial charge is 0.352 e. The SMILES string of the molecule is Cc1ccccc1C(=O)NCCC(=O)NCc1ccc(C[NH+]2CCCCC2)cc1. The first-order chi connectivity index (χ1) is 14.1. The molecule has 154 valence electrons. The van der Waals surface area contributed by atoms with Crippen LogP contribution in [0.3, 0.4) is 0 Å². The van der Waals surface area contributed by atoms with E-state index in [0.717, 1.165) is 17.7 Å². The Morgan fingerprint density at radius 3 is 2.31 bits per heavy atom. The number of hydrogen-bond acceptors (Lipinski definition) is 2. The van der Waals surface area contributed by atoms with Crippen molar-refractivity contribution in [3.63, 3.8) is 0 Å². The van der Waals surface area contributed by atoms with Gasteiger partial charge in [-0.1, -0.05) is 42.5 Å². The maximum Gasteiger partial charge on any atom is 0.251 e. The molecule has 0 atom stereocenters. The molecule has 0 spiro atoms. The first-order valence-corrected chi connectivity index (χ1v) is 10.6. The number of benzene rings is 2. The summed E-state index contributed by atoms with van der Waals surface area (Å²) in [5.41, 5.74) is 4.04. The van der Waals surface area contributed by atoms with Crippen LogP contribution in [0.15, 0.2) is 48.5 Å². The molecule has 5 nitrogen and oxygen atoms in total. The highest BCUT2D eigenvalue weighted by Gasteiger charge is 2.13. The van der Waals surface area contributed by atoms with E-state index in [1.54, 1.807) is 11.0 Å². The highest BCUT2D eigenvalue weighted by molar-refractivity contribution is 5.95. The van der Waals surface area contributed by atoms with Crippen LogP contribution in [-0.2, 0) is 17.9 Å². The molecule has 0 bridgehead atoms. The lowest BCUT2D eigenvalue weighted by Crippen LogP contribution is -3.11. The van der Waals surface area contributed by atoms with E-state index in [4.69, 9.17) is 0 Å². The summed E-state index contributed by atoms with van der Waals surface area (Å²) in [7, 11) is 0. The highest BCUT2D eigenvalue weighted by Crippen LogP contribution is 2.07. The van der Waals surface area contributed by atoms with Gasteiger partial charge in [0, 0.05) is 30.6 Å². The van der Waals surface area contributed by atoms with Crippen LogP contribution in [0.4, 0.5) is 0 Å². The van der Waals surface area contributed by atoms with Gasteiger partial charge in [-0.05, 0) is 43.4 Å². The van der Waals surface area contributed by atoms with Crippen molar-refractivity contribution in [2.75, 3.05) is 19.6 Å². The third-order valence-corrected chi connectivity index (χ3v) is 5.55. The number of carbonyl (C=O) groups excluding carboxylic acids is 2. The number of likely N-dealkylation sites (tertiary alicyclic amines) is 1. The molecule has 0 saturated carbocycles. The molecule has 0 unspecified atom stereocenters. The Morgan fingerprint density at radius 1 is 0.897 bits per heavy atom. The topological polar surface area (TPSA) is 62.6 Å². The minimum absolute atomic E-state index is 0.0584. The summed E-state index contributed by atoms with van der Waals surface area (Å²) in [5.74, 6) is -0.195. The standard InChI is InChI=1S/C24H31N3O2/c1-19-7-3-4-8-22(19)24(29)25-14-13-23(28)26-17-20-9-11-21(12-10-20)18-27-15-5-2-6-16-27/h3-4,7-12H,2,5-6,13-18H2,1H3,(H,25,29)(H,26,28)/p+1. The van der Waals surface area contributed by atoms with E-state index in [2.05, 4.69) is 34.9 Å². The van der Waals surface area contributed by atoms with Crippen LogP contribution in [0.25, 0.3) is 0 Å². The fourth-order valence-corrected chi connectivity index (χ4v) is 3.79. The van der Waals surface area contributed by atoms with E-state index in [-0.39, 0.29) is 18.2 Å². The van der Waals surface area contributed by atoms with Crippen LogP contribution < -0.4 is 15.5 Å². The number of quaternary nitrogens is 1. The summed E-state index contributed by atoms with van der Waals surface area (Å²) in [6, 6.07) is 16.0. The van der Waals surface area contributed by atoms with Gasteiger partial charge in [-0.2, -0.15) is 0 Å². The van der Waals surface area contributed by atoms with Gasteiger partial charge in [0.05, 0.1) is 13.1 Å². The van der Waals surface area contributed by atoms with E-state index in [0.29, 0.717) is 18.7 Å². The van der Waals surface area contributed by atoms with Crippen LogP contribution in [0, 0.1) is 6.92 Å². The summed E-state index contributed by atoms with van der Waals surface area (Å²) < 4.78 is 0. The molecule has 5 heteroatoms. The number of carbonyl (C=O) groups is 2. The molecule has 1 fully saturated rings. The fourth-order valence-electron chi connectivity index (χ4n) is 3.79. The second-order valence-electron chi connectivity index (χ2n) is 7.90. The van der Waals surface area contributed by atoms with Crippen molar-refractivity contribution in [3.8, 4) is 0 Å². The van der Waals surface area contributed by atoms with Crippen LogP contribution in [0.1, 0.15) is 52.7 Å². The Hall–Kier alpha value is -2.66. The fraction of sp³-hybridized carbons (Fsp3) is 0.417. The number of amides is 2. The van der Waals surface area contributed by atoms with E-state index < -0.39 is 0 Å². The maximum atomic E-state index is 12.2. The molecule has 1 heterocycles. The number of rotatable bonds is 8. The second kappa shape index (κ2) is 10.8. The van der Waals surface area contributed by atoms with Gasteiger partial charge in [0.15, 0.2) is 0 Å². The van der Waals surface area contributed by atoms with Gasteiger partial charge in [0.25, 0.3) is 5.91 Å². The van der Waals surface area contributed by atoms with Gasteiger partial charge >= 0.3 is 0 Å². The molecule has 3 rings (SSSR count). The molecule has 0 aromatic heterocycles. The lowest BCUT2D eigenvalue weighted by atomic mass is 10.1. The first-order valence-electron chi connectivity index (χ1n) is 10.6. The molecule has 2 aromatic rings. The molecule has 1 aliphatic heterocycles. The zero-order valence-electron chi connectivity index (χ0n) is 17.3. The van der Waals surface area contributed by atoms with E-state index in [9.17, 15) is 9.59 Å². The molecule has 2 amide bonds. The highest BCUT2D eigenvalue weighted by atomic mass is 16.2. The normalized spacial score (nSPS) is 14.4. The average Bonchev–Trinajstić information content (AvgIpc) is 2.74. The number of aryl methyl sites for hydroxylation is 1. The van der Waals surface area contributed by atoms with Crippen LogP contribution in [0.2, 0.25) is 0 Å². The quantitative estimate of drug-likeness (QED) is 0.641. The van der Waals surface area contributed by atoms with Gasteiger partial charge in [0.2, 0.25) is 5.91 Å². The van der Waals surface area contributed by atoms with E-state index >= 15 is 0 Å². The molecule has 0 aliphatic carbocycles. The number of piperidine rings is 1. The van der Waals surface area contributed by atoms with Crippen LogP contribution >= 0.6 is 0 Å². The van der Waals surface area contributed by atoms with Crippen molar-refractivity contribution in [1.29, 1.82) is 0 Å². The predicted octanol–water partition coefficient (Wildman–Crippen LogP) is 2.00. The minimum Gasteiger partial charge on any atom is -0.352 e. The summed E-state index contributed by atoms with van der Waals surface area (Å²) in [5, 5.41) is 5.74. The third kappa shape index (κ3) is 6.71.